The summed E-state index contributed by atoms with van der Waals surface area (Å²) < 4.78 is 10.9. The molecule has 0 aliphatic rings. The molecule has 0 saturated carbocycles. The van der Waals surface area contributed by atoms with Crippen molar-refractivity contribution < 1.29 is 19.0 Å². The molecule has 0 aliphatic heterocycles. The number of rotatable bonds is 8. The fourth-order valence-corrected chi connectivity index (χ4v) is 2.09. The molecule has 1 atom stereocenters. The molecule has 0 saturated heterocycles. The van der Waals surface area contributed by atoms with Crippen molar-refractivity contribution in [3.63, 3.8) is 0 Å². The monoisotopic (exact) mass is 234 g/mol. The predicted octanol–water partition coefficient (Wildman–Crippen LogP) is 2.00. The smallest absolute Gasteiger partial charge is 0.204 e. The van der Waals surface area contributed by atoms with Gasteiger partial charge in [0.15, 0.2) is 0 Å². The van der Waals surface area contributed by atoms with Gasteiger partial charge in [-0.25, -0.2) is 0 Å². The van der Waals surface area contributed by atoms with Gasteiger partial charge in [-0.05, 0) is 19.8 Å². The molecular formula is C10H19O4P. The van der Waals surface area contributed by atoms with Gasteiger partial charge in [0, 0.05) is 19.5 Å². The molecule has 4 nitrogen and oxygen atoms in total. The minimum Gasteiger partial charge on any atom is -0.344 e. The second kappa shape index (κ2) is 6.91. The molecule has 0 amide bonds. The van der Waals surface area contributed by atoms with Crippen LogP contribution in [0.2, 0.25) is 0 Å². The highest BCUT2D eigenvalue weighted by atomic mass is 31.2. The zero-order valence-electron chi connectivity index (χ0n) is 9.36. The van der Waals surface area contributed by atoms with Crippen LogP contribution in [0.25, 0.3) is 0 Å². The van der Waals surface area contributed by atoms with E-state index in [4.69, 9.17) is 4.89 Å². The summed E-state index contributed by atoms with van der Waals surface area (Å²) in [5, 5.41) is 0. The summed E-state index contributed by atoms with van der Waals surface area (Å²) in [6, 6.07) is 0. The normalized spacial score (nSPS) is 14.6. The van der Waals surface area contributed by atoms with Crippen LogP contribution in [-0.2, 0) is 14.2 Å². The summed E-state index contributed by atoms with van der Waals surface area (Å²) in [4.78, 5) is 30.7. The minimum atomic E-state index is -3.20. The largest absolute Gasteiger partial charge is 0.344 e. The number of hydrogen-bond acceptors (Lipinski definition) is 3. The van der Waals surface area contributed by atoms with Crippen molar-refractivity contribution in [1.82, 2.24) is 0 Å². The molecule has 0 aromatic rings. The van der Waals surface area contributed by atoms with E-state index in [1.807, 2.05) is 0 Å². The van der Waals surface area contributed by atoms with Crippen molar-refractivity contribution in [2.45, 2.75) is 39.0 Å². The Labute approximate surface area is 90.5 Å². The van der Waals surface area contributed by atoms with Gasteiger partial charge in [-0.1, -0.05) is 6.42 Å². The Morgan fingerprint density at radius 2 is 1.67 bits per heavy atom. The molecule has 15 heavy (non-hydrogen) atoms. The molecule has 0 spiro atoms. The average Bonchev–Trinajstić information content (AvgIpc) is 1.99. The highest BCUT2D eigenvalue weighted by molar-refractivity contribution is 7.58. The van der Waals surface area contributed by atoms with E-state index < -0.39 is 7.37 Å². The van der Waals surface area contributed by atoms with Gasteiger partial charge < -0.3 is 9.69 Å². The molecule has 0 aromatic heterocycles. The highest BCUT2D eigenvalue weighted by Gasteiger charge is 2.15. The van der Waals surface area contributed by atoms with Crippen LogP contribution in [0.15, 0.2) is 0 Å². The van der Waals surface area contributed by atoms with Gasteiger partial charge in [0.05, 0.1) is 6.16 Å². The number of hydrogen-bond donors (Lipinski definition) is 1. The van der Waals surface area contributed by atoms with E-state index in [0.29, 0.717) is 19.3 Å². The molecule has 0 fully saturated rings. The van der Waals surface area contributed by atoms with E-state index in [9.17, 15) is 14.2 Å². The van der Waals surface area contributed by atoms with Gasteiger partial charge >= 0.3 is 0 Å². The van der Waals surface area contributed by atoms with Gasteiger partial charge in [-0.15, -0.1) is 0 Å². The Morgan fingerprint density at radius 1 is 1.13 bits per heavy atom. The lowest BCUT2D eigenvalue weighted by Crippen LogP contribution is -2.04. The number of ketones is 2. The third-order valence-electron chi connectivity index (χ3n) is 1.95. The number of unbranched alkanes of at least 4 members (excludes halogenated alkanes) is 2. The van der Waals surface area contributed by atoms with Crippen molar-refractivity contribution in [2.24, 2.45) is 0 Å². The number of carbonyl (C=O) groups excluding carboxylic acids is 2. The van der Waals surface area contributed by atoms with Crippen LogP contribution in [0, 0.1) is 0 Å². The summed E-state index contributed by atoms with van der Waals surface area (Å²) in [7, 11) is -3.20. The molecule has 88 valence electrons. The predicted molar refractivity (Wildman–Crippen MR) is 59.4 cm³/mol. The molecule has 1 N–H and O–H groups in total. The van der Waals surface area contributed by atoms with E-state index in [1.54, 1.807) is 6.92 Å². The maximum Gasteiger partial charge on any atom is 0.204 e. The third kappa shape index (κ3) is 11.5. The fourth-order valence-electron chi connectivity index (χ4n) is 1.28. The average molecular weight is 234 g/mol. The summed E-state index contributed by atoms with van der Waals surface area (Å²) in [6.07, 6.45) is 3.00. The molecule has 0 aliphatic carbocycles. The summed E-state index contributed by atoms with van der Waals surface area (Å²) in [6.45, 7) is 2.74. The van der Waals surface area contributed by atoms with Gasteiger partial charge in [0.25, 0.3) is 0 Å². The number of Topliss-reactive ketones (excluding diaryl/α,β-unsaturated/α-hetero) is 2. The van der Waals surface area contributed by atoms with Crippen LogP contribution < -0.4 is 0 Å². The zero-order valence-corrected chi connectivity index (χ0v) is 10.3. The maximum absolute atomic E-state index is 11.2. The maximum atomic E-state index is 11.2. The summed E-state index contributed by atoms with van der Waals surface area (Å²) >= 11 is 0. The van der Waals surface area contributed by atoms with Crippen LogP contribution in [0.5, 0.6) is 0 Å². The van der Waals surface area contributed by atoms with Crippen LogP contribution in [0.4, 0.5) is 0 Å². The quantitative estimate of drug-likeness (QED) is 0.515. The van der Waals surface area contributed by atoms with Crippen LogP contribution in [0.1, 0.15) is 39.0 Å². The Hall–Kier alpha value is -0.470. The van der Waals surface area contributed by atoms with E-state index in [-0.39, 0.29) is 17.7 Å². The van der Waals surface area contributed by atoms with E-state index >= 15 is 0 Å². The SMILES string of the molecule is CC(=O)CCCCCC(=O)CP(C)(=O)O. The zero-order chi connectivity index (χ0) is 11.9. The van der Waals surface area contributed by atoms with Crippen molar-refractivity contribution in [1.29, 1.82) is 0 Å². The standard InChI is InChI=1S/C10H19O4P/c1-9(11)6-4-3-5-7-10(12)8-15(2,13)14/h3-8H2,1-2H3,(H,13,14). The molecule has 0 radical (unpaired) electrons. The van der Waals surface area contributed by atoms with Gasteiger partial charge in [-0.2, -0.15) is 0 Å². The fraction of sp³-hybridized carbons (Fsp3) is 0.800. The molecule has 0 aromatic carbocycles. The first-order chi connectivity index (χ1) is 6.81. The van der Waals surface area contributed by atoms with Gasteiger partial charge in [0.1, 0.15) is 11.6 Å². The van der Waals surface area contributed by atoms with Crippen molar-refractivity contribution in [2.75, 3.05) is 12.8 Å². The third-order valence-corrected chi connectivity index (χ3v) is 2.89. The van der Waals surface area contributed by atoms with Crippen molar-refractivity contribution in [3.05, 3.63) is 0 Å². The van der Waals surface area contributed by atoms with Gasteiger partial charge in [-0.3, -0.25) is 9.36 Å². The van der Waals surface area contributed by atoms with Crippen LogP contribution in [0.3, 0.4) is 0 Å². The summed E-state index contributed by atoms with van der Waals surface area (Å²) in [5.41, 5.74) is 0. The Kier molecular flexibility index (Phi) is 6.70. The molecule has 0 rings (SSSR count). The van der Waals surface area contributed by atoms with Crippen molar-refractivity contribution >= 4 is 18.9 Å². The van der Waals surface area contributed by atoms with Gasteiger partial charge in [0.2, 0.25) is 7.37 Å². The summed E-state index contributed by atoms with van der Waals surface area (Å²) in [5.74, 6) is 0.000835. The lowest BCUT2D eigenvalue weighted by Gasteiger charge is -2.03. The second-order valence-electron chi connectivity index (χ2n) is 4.01. The topological polar surface area (TPSA) is 71.4 Å². The van der Waals surface area contributed by atoms with Crippen molar-refractivity contribution in [3.8, 4) is 0 Å². The molecule has 5 heteroatoms. The minimum absolute atomic E-state index is 0.161. The van der Waals surface area contributed by atoms with Crippen LogP contribution >= 0.6 is 7.37 Å². The molecule has 0 heterocycles. The lowest BCUT2D eigenvalue weighted by molar-refractivity contribution is -0.117. The Balaban J connectivity index is 3.48. The first-order valence-corrected chi connectivity index (χ1v) is 7.41. The van der Waals surface area contributed by atoms with E-state index in [2.05, 4.69) is 0 Å². The molecule has 1 unspecified atom stereocenters. The lowest BCUT2D eigenvalue weighted by atomic mass is 10.1. The second-order valence-corrected chi connectivity index (χ2v) is 6.43. The highest BCUT2D eigenvalue weighted by Crippen LogP contribution is 2.35. The number of carbonyl (C=O) groups is 2. The van der Waals surface area contributed by atoms with Crippen LogP contribution in [-0.4, -0.2) is 29.3 Å². The molecule has 0 bridgehead atoms. The first kappa shape index (κ1) is 14.5. The first-order valence-electron chi connectivity index (χ1n) is 5.11. The Morgan fingerprint density at radius 3 is 2.13 bits per heavy atom. The Bertz CT molecular complexity index is 267. The molecular weight excluding hydrogens is 215 g/mol. The van der Waals surface area contributed by atoms with E-state index in [1.165, 1.54) is 6.66 Å². The van der Waals surface area contributed by atoms with E-state index in [0.717, 1.165) is 12.8 Å².